The van der Waals surface area contributed by atoms with Gasteiger partial charge in [-0.3, -0.25) is 4.79 Å². The van der Waals surface area contributed by atoms with Gasteiger partial charge in [-0.15, -0.1) is 0 Å². The molecule has 0 bridgehead atoms. The van der Waals surface area contributed by atoms with Crippen LogP contribution in [0.4, 0.5) is 0 Å². The van der Waals surface area contributed by atoms with Crippen LogP contribution in [0.5, 0.6) is 5.75 Å². The van der Waals surface area contributed by atoms with E-state index in [0.717, 1.165) is 38.5 Å². The molecule has 1 aliphatic rings. The van der Waals surface area contributed by atoms with Crippen molar-refractivity contribution in [2.75, 3.05) is 0 Å². The molecule has 0 spiro atoms. The molecule has 2 heteroatoms. The summed E-state index contributed by atoms with van der Waals surface area (Å²) in [6.45, 7) is 6.26. The van der Waals surface area contributed by atoms with E-state index in [0.29, 0.717) is 5.75 Å². The number of rotatable bonds is 12. The van der Waals surface area contributed by atoms with Crippen molar-refractivity contribution < 1.29 is 9.53 Å². The zero-order chi connectivity index (χ0) is 19.3. The average Bonchev–Trinajstić information content (AvgIpc) is 2.71. The van der Waals surface area contributed by atoms with Crippen LogP contribution in [0.3, 0.4) is 0 Å². The second-order valence-electron chi connectivity index (χ2n) is 8.12. The van der Waals surface area contributed by atoms with Gasteiger partial charge in [-0.1, -0.05) is 76.2 Å². The highest BCUT2D eigenvalue weighted by Gasteiger charge is 2.22. The maximum atomic E-state index is 12.2. The number of aryl methyl sites for hydroxylation is 1. The van der Waals surface area contributed by atoms with E-state index in [4.69, 9.17) is 4.74 Å². The zero-order valence-corrected chi connectivity index (χ0v) is 17.3. The van der Waals surface area contributed by atoms with E-state index in [1.54, 1.807) is 0 Å². The highest BCUT2D eigenvalue weighted by molar-refractivity contribution is 5.75. The Balaban J connectivity index is 1.56. The molecule has 0 aromatic heterocycles. The summed E-state index contributed by atoms with van der Waals surface area (Å²) in [6, 6.07) is 8.13. The minimum Gasteiger partial charge on any atom is -0.426 e. The third kappa shape index (κ3) is 8.77. The van der Waals surface area contributed by atoms with Gasteiger partial charge in [-0.25, -0.2) is 0 Å². The fourth-order valence-corrected chi connectivity index (χ4v) is 3.85. The summed E-state index contributed by atoms with van der Waals surface area (Å²) >= 11 is 0. The Kier molecular flexibility index (Phi) is 10.3. The minimum atomic E-state index is -0.0371. The standard InChI is InChI=1S/C25H38O2/c1-3-21(2)13-9-6-4-5-7-10-14-22-17-19-24(20-18-22)27-25(26)23-15-11-8-12-16-23/h17-20,23H,2-16H2,1H3. The Bertz CT molecular complexity index is 552. The average molecular weight is 371 g/mol. The van der Waals surface area contributed by atoms with Crippen molar-refractivity contribution in [1.82, 2.24) is 0 Å². The van der Waals surface area contributed by atoms with Crippen LogP contribution in [-0.4, -0.2) is 5.97 Å². The number of benzene rings is 1. The van der Waals surface area contributed by atoms with Gasteiger partial charge < -0.3 is 4.74 Å². The summed E-state index contributed by atoms with van der Waals surface area (Å²) < 4.78 is 5.57. The van der Waals surface area contributed by atoms with Crippen molar-refractivity contribution in [3.63, 3.8) is 0 Å². The van der Waals surface area contributed by atoms with Gasteiger partial charge in [0, 0.05) is 0 Å². The summed E-state index contributed by atoms with van der Waals surface area (Å²) in [4.78, 5) is 12.2. The molecular formula is C25H38O2. The summed E-state index contributed by atoms with van der Waals surface area (Å²) in [5.74, 6) is 0.770. The number of carbonyl (C=O) groups excluding carboxylic acids is 1. The lowest BCUT2D eigenvalue weighted by Gasteiger charge is -2.19. The molecule has 2 rings (SSSR count). The third-order valence-electron chi connectivity index (χ3n) is 5.83. The molecule has 0 saturated heterocycles. The highest BCUT2D eigenvalue weighted by atomic mass is 16.5. The molecule has 2 nitrogen and oxygen atoms in total. The van der Waals surface area contributed by atoms with Crippen molar-refractivity contribution in [3.05, 3.63) is 42.0 Å². The van der Waals surface area contributed by atoms with Gasteiger partial charge in [0.15, 0.2) is 0 Å². The molecule has 1 fully saturated rings. The third-order valence-corrected chi connectivity index (χ3v) is 5.83. The first kappa shape index (κ1) is 21.7. The second kappa shape index (κ2) is 12.8. The fourth-order valence-electron chi connectivity index (χ4n) is 3.85. The largest absolute Gasteiger partial charge is 0.426 e. The van der Waals surface area contributed by atoms with Crippen molar-refractivity contribution in [1.29, 1.82) is 0 Å². The van der Waals surface area contributed by atoms with Crippen LogP contribution >= 0.6 is 0 Å². The van der Waals surface area contributed by atoms with Crippen LogP contribution in [0, 0.1) is 5.92 Å². The molecular weight excluding hydrogens is 332 g/mol. The van der Waals surface area contributed by atoms with E-state index < -0.39 is 0 Å². The van der Waals surface area contributed by atoms with Crippen molar-refractivity contribution in [3.8, 4) is 5.75 Å². The fraction of sp³-hybridized carbons (Fsp3) is 0.640. The summed E-state index contributed by atoms with van der Waals surface area (Å²) in [6.07, 6.45) is 16.8. The van der Waals surface area contributed by atoms with Gasteiger partial charge in [-0.05, 0) is 62.6 Å². The van der Waals surface area contributed by atoms with E-state index in [-0.39, 0.29) is 11.9 Å². The molecule has 150 valence electrons. The normalized spacial score (nSPS) is 14.9. The number of hydrogen-bond donors (Lipinski definition) is 0. The Morgan fingerprint density at radius 2 is 1.59 bits per heavy atom. The van der Waals surface area contributed by atoms with Gasteiger partial charge in [0.1, 0.15) is 5.75 Å². The molecule has 1 aliphatic carbocycles. The number of esters is 1. The number of allylic oxidation sites excluding steroid dienone is 1. The molecule has 0 aliphatic heterocycles. The van der Waals surface area contributed by atoms with E-state index in [1.165, 1.54) is 62.5 Å². The molecule has 1 aromatic carbocycles. The monoisotopic (exact) mass is 370 g/mol. The number of hydrogen-bond acceptors (Lipinski definition) is 2. The van der Waals surface area contributed by atoms with Gasteiger partial charge in [-0.2, -0.15) is 0 Å². The van der Waals surface area contributed by atoms with Crippen LogP contribution in [-0.2, 0) is 11.2 Å². The lowest BCUT2D eigenvalue weighted by atomic mass is 9.89. The van der Waals surface area contributed by atoms with E-state index in [1.807, 2.05) is 12.1 Å². The van der Waals surface area contributed by atoms with E-state index in [9.17, 15) is 4.79 Å². The molecule has 1 aromatic rings. The molecule has 27 heavy (non-hydrogen) atoms. The lowest BCUT2D eigenvalue weighted by Crippen LogP contribution is -2.22. The minimum absolute atomic E-state index is 0.0371. The van der Waals surface area contributed by atoms with Gasteiger partial charge in [0.05, 0.1) is 5.92 Å². The van der Waals surface area contributed by atoms with Crippen molar-refractivity contribution >= 4 is 5.97 Å². The quantitative estimate of drug-likeness (QED) is 0.166. The Morgan fingerprint density at radius 3 is 2.26 bits per heavy atom. The van der Waals surface area contributed by atoms with Crippen LogP contribution in [0.1, 0.15) is 96.0 Å². The molecule has 0 amide bonds. The molecule has 0 unspecified atom stereocenters. The number of unbranched alkanes of at least 4 members (excludes halogenated alkanes) is 5. The zero-order valence-electron chi connectivity index (χ0n) is 17.3. The Morgan fingerprint density at radius 1 is 0.963 bits per heavy atom. The smallest absolute Gasteiger partial charge is 0.314 e. The summed E-state index contributed by atoms with van der Waals surface area (Å²) in [5, 5.41) is 0. The summed E-state index contributed by atoms with van der Waals surface area (Å²) in [5.41, 5.74) is 2.73. The van der Waals surface area contributed by atoms with Crippen LogP contribution in [0.2, 0.25) is 0 Å². The summed E-state index contributed by atoms with van der Waals surface area (Å²) in [7, 11) is 0. The maximum Gasteiger partial charge on any atom is 0.314 e. The topological polar surface area (TPSA) is 26.3 Å². The van der Waals surface area contributed by atoms with Gasteiger partial charge >= 0.3 is 5.97 Å². The first-order valence-corrected chi connectivity index (χ1v) is 11.2. The predicted octanol–water partition coefficient (Wildman–Crippen LogP) is 7.41. The number of carbonyl (C=O) groups is 1. The van der Waals surface area contributed by atoms with E-state index >= 15 is 0 Å². The second-order valence-corrected chi connectivity index (χ2v) is 8.12. The van der Waals surface area contributed by atoms with Crippen molar-refractivity contribution in [2.45, 2.75) is 96.8 Å². The Hall–Kier alpha value is -1.57. The molecule has 1 saturated carbocycles. The Labute approximate surface area is 166 Å². The van der Waals surface area contributed by atoms with E-state index in [2.05, 4.69) is 25.6 Å². The van der Waals surface area contributed by atoms with Gasteiger partial charge in [0.2, 0.25) is 0 Å². The number of ether oxygens (including phenoxy) is 1. The first-order valence-electron chi connectivity index (χ1n) is 11.2. The lowest BCUT2D eigenvalue weighted by molar-refractivity contribution is -0.139. The molecule has 0 radical (unpaired) electrons. The maximum absolute atomic E-state index is 12.2. The molecule has 0 heterocycles. The van der Waals surface area contributed by atoms with Gasteiger partial charge in [0.25, 0.3) is 0 Å². The highest BCUT2D eigenvalue weighted by Crippen LogP contribution is 2.26. The first-order chi connectivity index (χ1) is 13.2. The van der Waals surface area contributed by atoms with Crippen LogP contribution < -0.4 is 4.74 Å². The van der Waals surface area contributed by atoms with Crippen LogP contribution in [0.25, 0.3) is 0 Å². The molecule has 0 atom stereocenters. The van der Waals surface area contributed by atoms with Crippen molar-refractivity contribution in [2.24, 2.45) is 5.92 Å². The predicted molar refractivity (Wildman–Crippen MR) is 114 cm³/mol. The van der Waals surface area contributed by atoms with Crippen LogP contribution in [0.15, 0.2) is 36.4 Å². The molecule has 0 N–H and O–H groups in total. The SMILES string of the molecule is C=C(CC)CCCCCCCCc1ccc(OC(=O)C2CCCCC2)cc1.